The maximum atomic E-state index is 3.85. The van der Waals surface area contributed by atoms with Crippen molar-refractivity contribution in [2.75, 3.05) is 0 Å². The Morgan fingerprint density at radius 2 is 1.60 bits per heavy atom. The highest BCUT2D eigenvalue weighted by Gasteiger charge is 1.93. The molecule has 0 aliphatic rings. The van der Waals surface area contributed by atoms with E-state index in [2.05, 4.69) is 20.8 Å². The van der Waals surface area contributed by atoms with Crippen molar-refractivity contribution in [1.29, 1.82) is 0 Å². The Kier molecular flexibility index (Phi) is 7.11. The van der Waals surface area contributed by atoms with Gasteiger partial charge < -0.3 is 0 Å². The van der Waals surface area contributed by atoms with Crippen molar-refractivity contribution in [1.82, 2.24) is 0 Å². The first-order chi connectivity index (χ1) is 4.77. The third-order valence-electron chi connectivity index (χ3n) is 1.72. The number of unbranched alkanes of at least 4 members (excludes halogenated alkanes) is 4. The smallest absolute Gasteiger partial charge is 0.0414 e. The van der Waals surface area contributed by atoms with Gasteiger partial charge in [0.1, 0.15) is 0 Å². The molecule has 0 aromatic carbocycles. The van der Waals surface area contributed by atoms with Crippen molar-refractivity contribution in [2.45, 2.75) is 45.4 Å². The zero-order valence-corrected chi connectivity index (χ0v) is 7.23. The van der Waals surface area contributed by atoms with E-state index in [-0.39, 0.29) is 0 Å². The molecule has 0 unspecified atom stereocenters. The normalized spacial score (nSPS) is 10.8. The summed E-state index contributed by atoms with van der Waals surface area (Å²) in [5.41, 5.74) is 0. The molecule has 0 nitrogen and oxygen atoms in total. The summed E-state index contributed by atoms with van der Waals surface area (Å²) in [4.78, 5) is 0. The molecule has 0 aromatic heterocycles. The fraction of sp³-hybridized carbons (Fsp3) is 0.800. The summed E-state index contributed by atoms with van der Waals surface area (Å²) in [5.74, 6) is 0.404. The lowest BCUT2D eigenvalue weighted by molar-refractivity contribution is 0.572. The lowest BCUT2D eigenvalue weighted by Gasteiger charge is -2.02. The van der Waals surface area contributed by atoms with Gasteiger partial charge in [-0.05, 0) is 5.92 Å². The van der Waals surface area contributed by atoms with Gasteiger partial charge in [-0.1, -0.05) is 59.3 Å². The number of rotatable bonds is 6. The van der Waals surface area contributed by atoms with Crippen LogP contribution in [0.25, 0.3) is 0 Å². The molecule has 0 aliphatic carbocycles. The van der Waals surface area contributed by atoms with E-state index in [9.17, 15) is 0 Å². The summed E-state index contributed by atoms with van der Waals surface area (Å²) in [7, 11) is 0. The quantitative estimate of drug-likeness (QED) is 0.494. The minimum Gasteiger partial charge on any atom is -0.0654 e. The average molecular weight is 140 g/mol. The summed E-state index contributed by atoms with van der Waals surface area (Å²) in [5, 5.41) is 0. The van der Waals surface area contributed by atoms with Crippen LogP contribution in [-0.2, 0) is 0 Å². The molecule has 0 aromatic rings. The van der Waals surface area contributed by atoms with E-state index in [0.717, 1.165) is 0 Å². The molecule has 2 radical (unpaired) electrons. The zero-order chi connectivity index (χ0) is 7.82. The summed E-state index contributed by atoms with van der Waals surface area (Å²) in [6, 6.07) is 0. The molecular weight excluding hydrogens is 120 g/mol. The summed E-state index contributed by atoms with van der Waals surface area (Å²) < 4.78 is 0. The van der Waals surface area contributed by atoms with E-state index in [1.165, 1.54) is 38.5 Å². The monoisotopic (exact) mass is 140 g/mol. The summed E-state index contributed by atoms with van der Waals surface area (Å²) in [6.45, 7) is 9.93. The van der Waals surface area contributed by atoms with Gasteiger partial charge in [0.05, 0.1) is 0 Å². The molecule has 0 atom stereocenters. The molecule has 0 spiro atoms. The van der Waals surface area contributed by atoms with Crippen molar-refractivity contribution >= 4 is 0 Å². The standard InChI is InChI=1S/C10H20/c1-4-5-6-7-8-9-10(2)3/h10H,2-9H2,1H3. The van der Waals surface area contributed by atoms with E-state index in [4.69, 9.17) is 0 Å². The Labute approximate surface area is 66.0 Å². The minimum atomic E-state index is 0.404. The number of hydrogen-bond acceptors (Lipinski definition) is 0. The van der Waals surface area contributed by atoms with Crippen molar-refractivity contribution in [3.05, 3.63) is 13.8 Å². The van der Waals surface area contributed by atoms with Crippen molar-refractivity contribution in [3.63, 3.8) is 0 Å². The second-order valence-electron chi connectivity index (χ2n) is 3.07. The fourth-order valence-corrected chi connectivity index (χ4v) is 1.04. The van der Waals surface area contributed by atoms with Gasteiger partial charge >= 0.3 is 0 Å². The van der Waals surface area contributed by atoms with Gasteiger partial charge in [-0.3, -0.25) is 0 Å². The molecule has 0 heteroatoms. The Balaban J connectivity index is 2.77. The molecule has 0 fully saturated rings. The molecule has 0 amide bonds. The molecule has 10 heavy (non-hydrogen) atoms. The molecule has 0 aliphatic heterocycles. The van der Waals surface area contributed by atoms with Gasteiger partial charge in [0.2, 0.25) is 0 Å². The lowest BCUT2D eigenvalue weighted by atomic mass is 10.0. The van der Waals surface area contributed by atoms with Crippen LogP contribution >= 0.6 is 0 Å². The van der Waals surface area contributed by atoms with Gasteiger partial charge in [0, 0.05) is 0 Å². The highest BCUT2D eigenvalue weighted by Crippen LogP contribution is 2.09. The Morgan fingerprint density at radius 3 is 2.10 bits per heavy atom. The van der Waals surface area contributed by atoms with E-state index in [1.807, 2.05) is 0 Å². The third kappa shape index (κ3) is 8.00. The van der Waals surface area contributed by atoms with E-state index in [1.54, 1.807) is 0 Å². The lowest BCUT2D eigenvalue weighted by Crippen LogP contribution is -1.87. The molecule has 0 bridgehead atoms. The first kappa shape index (κ1) is 10.0. The second kappa shape index (κ2) is 7.11. The maximum absolute atomic E-state index is 3.85. The van der Waals surface area contributed by atoms with Gasteiger partial charge in [-0.2, -0.15) is 0 Å². The Morgan fingerprint density at radius 1 is 1.00 bits per heavy atom. The fourth-order valence-electron chi connectivity index (χ4n) is 1.04. The highest BCUT2D eigenvalue weighted by atomic mass is 14.0. The van der Waals surface area contributed by atoms with Crippen LogP contribution in [-0.4, -0.2) is 0 Å². The van der Waals surface area contributed by atoms with Crippen LogP contribution in [0.5, 0.6) is 0 Å². The van der Waals surface area contributed by atoms with Crippen LogP contribution in [0.4, 0.5) is 0 Å². The van der Waals surface area contributed by atoms with Crippen LogP contribution < -0.4 is 0 Å². The van der Waals surface area contributed by atoms with Crippen molar-refractivity contribution < 1.29 is 0 Å². The van der Waals surface area contributed by atoms with Crippen molar-refractivity contribution in [3.8, 4) is 0 Å². The zero-order valence-electron chi connectivity index (χ0n) is 7.23. The van der Waals surface area contributed by atoms with Gasteiger partial charge in [0.15, 0.2) is 0 Å². The summed E-state index contributed by atoms with van der Waals surface area (Å²) in [6.07, 6.45) is 8.00. The highest BCUT2D eigenvalue weighted by molar-refractivity contribution is 4.62. The van der Waals surface area contributed by atoms with Gasteiger partial charge in [-0.25, -0.2) is 0 Å². The van der Waals surface area contributed by atoms with Gasteiger partial charge in [0.25, 0.3) is 0 Å². The molecule has 60 valence electrons. The largest absolute Gasteiger partial charge is 0.0654 e. The molecule has 0 saturated carbocycles. The molecule has 0 N–H and O–H groups in total. The third-order valence-corrected chi connectivity index (χ3v) is 1.72. The average Bonchev–Trinajstić information content (AvgIpc) is 1.87. The minimum absolute atomic E-state index is 0.404. The predicted molar refractivity (Wildman–Crippen MR) is 47.6 cm³/mol. The van der Waals surface area contributed by atoms with E-state index >= 15 is 0 Å². The van der Waals surface area contributed by atoms with E-state index < -0.39 is 0 Å². The molecular formula is C10H20. The molecule has 0 heterocycles. The first-order valence-electron chi connectivity index (χ1n) is 4.43. The van der Waals surface area contributed by atoms with Crippen LogP contribution in [0, 0.1) is 19.8 Å². The van der Waals surface area contributed by atoms with Crippen LogP contribution in [0.1, 0.15) is 45.4 Å². The Hall–Kier alpha value is 0. The number of hydrogen-bond donors (Lipinski definition) is 0. The van der Waals surface area contributed by atoms with Crippen LogP contribution in [0.2, 0.25) is 0 Å². The SMILES string of the molecule is [CH2]C([CH2])CCCCCCC. The first-order valence-corrected chi connectivity index (χ1v) is 4.43. The maximum Gasteiger partial charge on any atom is -0.0414 e. The predicted octanol–water partition coefficient (Wildman–Crippen LogP) is 3.63. The molecule has 0 rings (SSSR count). The van der Waals surface area contributed by atoms with Gasteiger partial charge in [-0.15, -0.1) is 0 Å². The van der Waals surface area contributed by atoms with E-state index in [0.29, 0.717) is 5.92 Å². The Bertz CT molecular complexity index is 55.1. The summed E-state index contributed by atoms with van der Waals surface area (Å²) >= 11 is 0. The molecule has 0 saturated heterocycles. The van der Waals surface area contributed by atoms with Crippen LogP contribution in [0.15, 0.2) is 0 Å². The topological polar surface area (TPSA) is 0 Å². The van der Waals surface area contributed by atoms with Crippen LogP contribution in [0.3, 0.4) is 0 Å². The second-order valence-corrected chi connectivity index (χ2v) is 3.07. The van der Waals surface area contributed by atoms with Crippen molar-refractivity contribution in [2.24, 2.45) is 5.92 Å².